The van der Waals surface area contributed by atoms with Crippen LogP contribution in [0.25, 0.3) is 5.69 Å². The van der Waals surface area contributed by atoms with Crippen LogP contribution in [0.1, 0.15) is 5.56 Å². The quantitative estimate of drug-likeness (QED) is 0.693. The first-order valence-corrected chi connectivity index (χ1v) is 4.73. The predicted molar refractivity (Wildman–Crippen MR) is 60.2 cm³/mol. The van der Waals surface area contributed by atoms with Crippen LogP contribution in [0.2, 0.25) is 0 Å². The molecular weight excluding hydrogens is 209 g/mol. The summed E-state index contributed by atoms with van der Waals surface area (Å²) in [5.41, 5.74) is 17.7. The van der Waals surface area contributed by atoms with E-state index in [0.717, 1.165) is 0 Å². The molecule has 0 aliphatic carbocycles. The summed E-state index contributed by atoms with van der Waals surface area (Å²) in [6.45, 7) is 0.173. The highest BCUT2D eigenvalue weighted by atomic mass is 19.1. The molecule has 2 rings (SSSR count). The number of nitrogens with two attached hydrogens (primary N) is 3. The molecule has 0 aliphatic rings. The first-order valence-electron chi connectivity index (χ1n) is 4.73. The Bertz CT molecular complexity index is 520. The van der Waals surface area contributed by atoms with Gasteiger partial charge in [0.05, 0.1) is 5.56 Å². The molecule has 6 N–H and O–H groups in total. The fraction of sp³-hybridized carbons (Fsp3) is 0.100. The smallest absolute Gasteiger partial charge is 0.152 e. The molecule has 84 valence electrons. The third kappa shape index (κ3) is 1.49. The van der Waals surface area contributed by atoms with Crippen molar-refractivity contribution in [1.82, 2.24) is 9.78 Å². The van der Waals surface area contributed by atoms with Gasteiger partial charge in [-0.25, -0.2) is 9.07 Å². The lowest BCUT2D eigenvalue weighted by molar-refractivity contribution is 0.612. The molecule has 0 saturated heterocycles. The molecule has 2 aromatic rings. The summed E-state index contributed by atoms with van der Waals surface area (Å²) >= 11 is 0. The average Bonchev–Trinajstić information content (AvgIpc) is 2.55. The molecule has 0 saturated carbocycles. The van der Waals surface area contributed by atoms with E-state index in [0.29, 0.717) is 5.56 Å². The maximum absolute atomic E-state index is 13.5. The Morgan fingerprint density at radius 1 is 1.25 bits per heavy atom. The Balaban J connectivity index is 2.62. The molecule has 0 amide bonds. The maximum atomic E-state index is 13.5. The van der Waals surface area contributed by atoms with Gasteiger partial charge in [-0.05, 0) is 12.1 Å². The highest BCUT2D eigenvalue weighted by Crippen LogP contribution is 2.23. The molecule has 16 heavy (non-hydrogen) atoms. The number of anilines is 2. The van der Waals surface area contributed by atoms with Gasteiger partial charge < -0.3 is 17.2 Å². The van der Waals surface area contributed by atoms with E-state index in [4.69, 9.17) is 17.2 Å². The van der Waals surface area contributed by atoms with E-state index >= 15 is 0 Å². The number of para-hydroxylation sites is 1. The maximum Gasteiger partial charge on any atom is 0.152 e. The molecule has 0 radical (unpaired) electrons. The van der Waals surface area contributed by atoms with Gasteiger partial charge in [0.25, 0.3) is 0 Å². The van der Waals surface area contributed by atoms with E-state index in [2.05, 4.69) is 5.10 Å². The third-order valence-corrected chi connectivity index (χ3v) is 2.34. The second kappa shape index (κ2) is 3.82. The molecule has 0 fully saturated rings. The van der Waals surface area contributed by atoms with Crippen LogP contribution in [0.4, 0.5) is 16.0 Å². The lowest BCUT2D eigenvalue weighted by atomic mass is 10.3. The van der Waals surface area contributed by atoms with Gasteiger partial charge in [0.15, 0.2) is 5.82 Å². The van der Waals surface area contributed by atoms with Crippen LogP contribution in [-0.4, -0.2) is 9.78 Å². The fourth-order valence-electron chi connectivity index (χ4n) is 1.50. The molecule has 1 aromatic carbocycles. The van der Waals surface area contributed by atoms with Crippen LogP contribution in [0.3, 0.4) is 0 Å². The lowest BCUT2D eigenvalue weighted by Gasteiger charge is -2.05. The van der Waals surface area contributed by atoms with Crippen molar-refractivity contribution >= 4 is 11.6 Å². The monoisotopic (exact) mass is 221 g/mol. The Morgan fingerprint density at radius 2 is 1.94 bits per heavy atom. The van der Waals surface area contributed by atoms with Gasteiger partial charge in [-0.15, -0.1) is 5.10 Å². The van der Waals surface area contributed by atoms with Gasteiger partial charge in [-0.2, -0.15) is 0 Å². The van der Waals surface area contributed by atoms with Crippen LogP contribution in [0, 0.1) is 5.82 Å². The molecule has 0 spiro atoms. The van der Waals surface area contributed by atoms with Gasteiger partial charge in [0.1, 0.15) is 17.3 Å². The number of benzene rings is 1. The number of halogens is 1. The van der Waals surface area contributed by atoms with Crippen molar-refractivity contribution in [2.45, 2.75) is 6.54 Å². The second-order valence-corrected chi connectivity index (χ2v) is 3.32. The standard InChI is InChI=1S/C10H12FN5/c11-7-3-1-2-4-8(7)16-10(14)6(5-12)9(13)15-16/h1-4H,5,12,14H2,(H2,13,15). The summed E-state index contributed by atoms with van der Waals surface area (Å²) < 4.78 is 14.8. The molecule has 0 atom stereocenters. The zero-order chi connectivity index (χ0) is 11.7. The van der Waals surface area contributed by atoms with Crippen molar-refractivity contribution in [2.24, 2.45) is 5.73 Å². The van der Waals surface area contributed by atoms with Crippen molar-refractivity contribution < 1.29 is 4.39 Å². The van der Waals surface area contributed by atoms with Gasteiger partial charge >= 0.3 is 0 Å². The average molecular weight is 221 g/mol. The minimum Gasteiger partial charge on any atom is -0.383 e. The van der Waals surface area contributed by atoms with Crippen LogP contribution in [-0.2, 0) is 6.54 Å². The topological polar surface area (TPSA) is 95.9 Å². The van der Waals surface area contributed by atoms with Gasteiger partial charge in [0, 0.05) is 6.54 Å². The summed E-state index contributed by atoms with van der Waals surface area (Å²) in [6, 6.07) is 6.18. The summed E-state index contributed by atoms with van der Waals surface area (Å²) in [7, 11) is 0. The van der Waals surface area contributed by atoms with Crippen molar-refractivity contribution in [3.63, 3.8) is 0 Å². The van der Waals surface area contributed by atoms with Gasteiger partial charge in [0.2, 0.25) is 0 Å². The molecule has 1 aromatic heterocycles. The molecule has 1 heterocycles. The van der Waals surface area contributed by atoms with Crippen molar-refractivity contribution in [1.29, 1.82) is 0 Å². The fourth-order valence-corrected chi connectivity index (χ4v) is 1.50. The van der Waals surface area contributed by atoms with E-state index in [1.54, 1.807) is 18.2 Å². The SMILES string of the molecule is NCc1c(N)nn(-c2ccccc2F)c1N. The molecule has 0 bridgehead atoms. The third-order valence-electron chi connectivity index (χ3n) is 2.34. The number of nitrogens with zero attached hydrogens (tertiary/aromatic N) is 2. The minimum absolute atomic E-state index is 0.173. The Labute approximate surface area is 91.6 Å². The zero-order valence-corrected chi connectivity index (χ0v) is 8.52. The summed E-state index contributed by atoms with van der Waals surface area (Å²) in [6.07, 6.45) is 0. The largest absolute Gasteiger partial charge is 0.383 e. The van der Waals surface area contributed by atoms with E-state index in [9.17, 15) is 4.39 Å². The Morgan fingerprint density at radius 3 is 2.50 bits per heavy atom. The Hall–Kier alpha value is -2.08. The molecule has 6 heteroatoms. The molecular formula is C10H12FN5. The molecule has 0 unspecified atom stereocenters. The number of nitrogen functional groups attached to an aromatic ring is 2. The van der Waals surface area contributed by atoms with Crippen LogP contribution >= 0.6 is 0 Å². The lowest BCUT2D eigenvalue weighted by Crippen LogP contribution is -2.06. The highest BCUT2D eigenvalue weighted by Gasteiger charge is 2.14. The van der Waals surface area contributed by atoms with Crippen LogP contribution in [0.5, 0.6) is 0 Å². The summed E-state index contributed by atoms with van der Waals surface area (Å²) in [4.78, 5) is 0. The van der Waals surface area contributed by atoms with Gasteiger partial charge in [-0.3, -0.25) is 0 Å². The highest BCUT2D eigenvalue weighted by molar-refractivity contribution is 5.58. The van der Waals surface area contributed by atoms with Crippen molar-refractivity contribution in [2.75, 3.05) is 11.5 Å². The van der Waals surface area contributed by atoms with Crippen molar-refractivity contribution in [3.8, 4) is 5.69 Å². The van der Waals surface area contributed by atoms with Crippen LogP contribution < -0.4 is 17.2 Å². The predicted octanol–water partition coefficient (Wildman–Crippen LogP) is 0.634. The first-order chi connectivity index (χ1) is 7.65. The number of rotatable bonds is 2. The van der Waals surface area contributed by atoms with E-state index in [1.165, 1.54) is 10.7 Å². The van der Waals surface area contributed by atoms with E-state index < -0.39 is 5.82 Å². The van der Waals surface area contributed by atoms with E-state index in [-0.39, 0.29) is 23.9 Å². The summed E-state index contributed by atoms with van der Waals surface area (Å²) in [5.74, 6) is 0.0774. The van der Waals surface area contributed by atoms with Crippen molar-refractivity contribution in [3.05, 3.63) is 35.6 Å². The van der Waals surface area contributed by atoms with Gasteiger partial charge in [-0.1, -0.05) is 12.1 Å². The molecule has 0 aliphatic heterocycles. The minimum atomic E-state index is -0.416. The number of aromatic nitrogens is 2. The number of hydrogen-bond acceptors (Lipinski definition) is 4. The van der Waals surface area contributed by atoms with E-state index in [1.807, 2.05) is 0 Å². The first kappa shape index (κ1) is 10.4. The molecule has 5 nitrogen and oxygen atoms in total. The number of hydrogen-bond donors (Lipinski definition) is 3. The summed E-state index contributed by atoms with van der Waals surface area (Å²) in [5, 5.41) is 3.96. The second-order valence-electron chi connectivity index (χ2n) is 3.32. The Kier molecular flexibility index (Phi) is 2.49. The normalized spacial score (nSPS) is 10.6. The van der Waals surface area contributed by atoms with Crippen LogP contribution in [0.15, 0.2) is 24.3 Å². The zero-order valence-electron chi connectivity index (χ0n) is 8.52.